The molecule has 0 saturated carbocycles. The van der Waals surface area contributed by atoms with Gasteiger partial charge in [0.2, 0.25) is 0 Å². The quantitative estimate of drug-likeness (QED) is 0.649. The highest BCUT2D eigenvalue weighted by Crippen LogP contribution is 2.29. The van der Waals surface area contributed by atoms with Crippen molar-refractivity contribution in [3.63, 3.8) is 0 Å². The molecule has 2 aromatic carbocycles. The normalized spacial score (nSPS) is 11.1. The van der Waals surface area contributed by atoms with Gasteiger partial charge in [-0.25, -0.2) is 4.39 Å². The van der Waals surface area contributed by atoms with Gasteiger partial charge in [-0.05, 0) is 41.8 Å². The summed E-state index contributed by atoms with van der Waals surface area (Å²) in [5, 5.41) is 1.74. The Hall–Kier alpha value is -1.99. The number of fused-ring (bicyclic) bond motifs is 1. The van der Waals surface area contributed by atoms with Gasteiger partial charge in [-0.2, -0.15) is 0 Å². The van der Waals surface area contributed by atoms with Gasteiger partial charge in [-0.3, -0.25) is 4.98 Å². The minimum absolute atomic E-state index is 0.240. The van der Waals surface area contributed by atoms with Gasteiger partial charge in [-0.15, -0.1) is 9.24 Å². The molecular formula is C18H17FNOP. The fourth-order valence-electron chi connectivity index (χ4n) is 2.31. The first kappa shape index (κ1) is 14.9. The minimum Gasteiger partial charge on any atom is -0.454 e. The summed E-state index contributed by atoms with van der Waals surface area (Å²) in [5.74, 6) is 0.737. The Morgan fingerprint density at radius 2 is 1.95 bits per heavy atom. The van der Waals surface area contributed by atoms with Crippen LogP contribution in [0.4, 0.5) is 4.39 Å². The average Bonchev–Trinajstić information content (AvgIpc) is 2.50. The lowest BCUT2D eigenvalue weighted by atomic mass is 10.0. The molecule has 0 fully saturated rings. The maximum Gasteiger partial charge on any atom is 0.170 e. The van der Waals surface area contributed by atoms with Crippen LogP contribution in [0.15, 0.2) is 48.7 Å². The van der Waals surface area contributed by atoms with E-state index in [9.17, 15) is 4.39 Å². The van der Waals surface area contributed by atoms with Crippen LogP contribution in [0, 0.1) is 5.82 Å². The molecule has 0 aliphatic heterocycles. The van der Waals surface area contributed by atoms with Crippen molar-refractivity contribution in [2.24, 2.45) is 0 Å². The number of rotatable bonds is 3. The Bertz CT molecular complexity index is 809. The molecule has 0 N–H and O–H groups in total. The molecule has 0 radical (unpaired) electrons. The third-order valence-corrected chi connectivity index (χ3v) is 3.99. The van der Waals surface area contributed by atoms with Crippen LogP contribution < -0.4 is 10.0 Å². The maximum absolute atomic E-state index is 14.3. The molecule has 0 saturated heterocycles. The molecule has 1 unspecified atom stereocenters. The number of benzene rings is 2. The number of pyridine rings is 1. The summed E-state index contributed by atoms with van der Waals surface area (Å²) < 4.78 is 20.1. The van der Waals surface area contributed by atoms with Gasteiger partial charge in [0.25, 0.3) is 0 Å². The van der Waals surface area contributed by atoms with E-state index in [1.54, 1.807) is 6.20 Å². The van der Waals surface area contributed by atoms with E-state index in [1.165, 1.54) is 6.07 Å². The van der Waals surface area contributed by atoms with Crippen molar-refractivity contribution < 1.29 is 9.13 Å². The van der Waals surface area contributed by atoms with Crippen molar-refractivity contribution in [3.05, 3.63) is 60.0 Å². The highest BCUT2D eigenvalue weighted by atomic mass is 31.0. The van der Waals surface area contributed by atoms with Crippen LogP contribution in [0.25, 0.3) is 10.9 Å². The Labute approximate surface area is 131 Å². The molecule has 0 aliphatic rings. The van der Waals surface area contributed by atoms with Gasteiger partial charge in [0.05, 0.1) is 5.52 Å². The standard InChI is InChI=1S/C18H17FNOP/c1-11(2)13-8-15(19)18(17(22)9-13)21-14-6-5-12-4-3-7-20-16(12)10-14/h3-11H,22H2,1-2H3. The van der Waals surface area contributed by atoms with Crippen LogP contribution in [-0.4, -0.2) is 4.98 Å². The van der Waals surface area contributed by atoms with E-state index in [0.29, 0.717) is 11.1 Å². The highest BCUT2D eigenvalue weighted by molar-refractivity contribution is 7.27. The fourth-order valence-corrected chi connectivity index (χ4v) is 2.69. The monoisotopic (exact) mass is 313 g/mol. The molecule has 1 heterocycles. The summed E-state index contributed by atoms with van der Waals surface area (Å²) in [6.07, 6.45) is 1.73. The predicted octanol–water partition coefficient (Wildman–Crippen LogP) is 4.79. The molecule has 1 aromatic heterocycles. The van der Waals surface area contributed by atoms with Gasteiger partial charge in [0.15, 0.2) is 11.6 Å². The minimum atomic E-state index is -0.350. The molecule has 3 aromatic rings. The van der Waals surface area contributed by atoms with E-state index in [1.807, 2.05) is 50.2 Å². The zero-order valence-corrected chi connectivity index (χ0v) is 13.7. The van der Waals surface area contributed by atoms with Crippen molar-refractivity contribution in [1.82, 2.24) is 4.98 Å². The number of hydrogen-bond acceptors (Lipinski definition) is 2. The molecule has 3 rings (SSSR count). The second-order valence-corrected chi connectivity index (χ2v) is 6.16. The average molecular weight is 313 g/mol. The number of halogens is 1. The molecule has 0 bridgehead atoms. The molecule has 2 nitrogen and oxygen atoms in total. The van der Waals surface area contributed by atoms with Crippen molar-refractivity contribution in [2.75, 3.05) is 0 Å². The summed E-state index contributed by atoms with van der Waals surface area (Å²) in [4.78, 5) is 4.29. The first-order valence-electron chi connectivity index (χ1n) is 7.16. The zero-order chi connectivity index (χ0) is 15.7. The number of nitrogens with zero attached hydrogens (tertiary/aromatic N) is 1. The molecule has 1 atom stereocenters. The van der Waals surface area contributed by atoms with Crippen molar-refractivity contribution in [2.45, 2.75) is 19.8 Å². The molecule has 0 amide bonds. The lowest BCUT2D eigenvalue weighted by Gasteiger charge is -2.13. The second-order valence-electron chi connectivity index (χ2n) is 5.54. The molecule has 4 heteroatoms. The van der Waals surface area contributed by atoms with Crippen LogP contribution in [0.5, 0.6) is 11.5 Å². The molecule has 0 spiro atoms. The summed E-state index contributed by atoms with van der Waals surface area (Å²) in [6, 6.07) is 12.9. The summed E-state index contributed by atoms with van der Waals surface area (Å²) >= 11 is 0. The Morgan fingerprint density at radius 3 is 2.68 bits per heavy atom. The van der Waals surface area contributed by atoms with Gasteiger partial charge in [0.1, 0.15) is 5.75 Å². The second kappa shape index (κ2) is 6.02. The smallest absolute Gasteiger partial charge is 0.170 e. The van der Waals surface area contributed by atoms with Crippen LogP contribution >= 0.6 is 9.24 Å². The van der Waals surface area contributed by atoms with E-state index in [2.05, 4.69) is 14.2 Å². The first-order valence-corrected chi connectivity index (χ1v) is 7.74. The fraction of sp³-hybridized carbons (Fsp3) is 0.167. The maximum atomic E-state index is 14.3. The largest absolute Gasteiger partial charge is 0.454 e. The van der Waals surface area contributed by atoms with Crippen LogP contribution in [-0.2, 0) is 0 Å². The topological polar surface area (TPSA) is 22.1 Å². The Kier molecular flexibility index (Phi) is 4.08. The lowest BCUT2D eigenvalue weighted by Crippen LogP contribution is -2.04. The van der Waals surface area contributed by atoms with Gasteiger partial charge in [-0.1, -0.05) is 19.9 Å². The van der Waals surface area contributed by atoms with Gasteiger partial charge in [0, 0.05) is 23.0 Å². The van der Waals surface area contributed by atoms with Crippen molar-refractivity contribution in [1.29, 1.82) is 0 Å². The van der Waals surface area contributed by atoms with Crippen LogP contribution in [0.1, 0.15) is 25.3 Å². The first-order chi connectivity index (χ1) is 10.5. The van der Waals surface area contributed by atoms with E-state index in [-0.39, 0.29) is 17.5 Å². The third kappa shape index (κ3) is 2.95. The van der Waals surface area contributed by atoms with Crippen LogP contribution in [0.3, 0.4) is 0 Å². The van der Waals surface area contributed by atoms with E-state index < -0.39 is 0 Å². The number of aromatic nitrogens is 1. The number of ether oxygens (including phenoxy) is 1. The Morgan fingerprint density at radius 1 is 1.14 bits per heavy atom. The third-order valence-electron chi connectivity index (χ3n) is 3.56. The van der Waals surface area contributed by atoms with Crippen molar-refractivity contribution in [3.8, 4) is 11.5 Å². The highest BCUT2D eigenvalue weighted by Gasteiger charge is 2.13. The summed E-state index contributed by atoms with van der Waals surface area (Å²) in [7, 11) is 2.54. The Balaban J connectivity index is 1.97. The molecule has 22 heavy (non-hydrogen) atoms. The van der Waals surface area contributed by atoms with E-state index >= 15 is 0 Å². The summed E-state index contributed by atoms with van der Waals surface area (Å²) in [6.45, 7) is 4.07. The predicted molar refractivity (Wildman–Crippen MR) is 91.7 cm³/mol. The van der Waals surface area contributed by atoms with Crippen molar-refractivity contribution >= 4 is 25.4 Å². The van der Waals surface area contributed by atoms with E-state index in [0.717, 1.165) is 16.5 Å². The van der Waals surface area contributed by atoms with Gasteiger partial charge >= 0.3 is 0 Å². The molecule has 112 valence electrons. The molecule has 0 aliphatic carbocycles. The molecular weight excluding hydrogens is 296 g/mol. The SMILES string of the molecule is CC(C)c1cc(F)c(Oc2ccc3cccnc3c2)c(P)c1. The lowest BCUT2D eigenvalue weighted by molar-refractivity contribution is 0.446. The van der Waals surface area contributed by atoms with E-state index in [4.69, 9.17) is 4.74 Å². The summed E-state index contributed by atoms with van der Waals surface area (Å²) in [5.41, 5.74) is 1.78. The van der Waals surface area contributed by atoms with Crippen LogP contribution in [0.2, 0.25) is 0 Å². The number of hydrogen-bond donors (Lipinski definition) is 0. The van der Waals surface area contributed by atoms with Gasteiger partial charge < -0.3 is 4.74 Å². The zero-order valence-electron chi connectivity index (χ0n) is 12.5.